The molecule has 1 atom stereocenters. The molecule has 11 heteroatoms. The van der Waals surface area contributed by atoms with E-state index in [1.807, 2.05) is 29.3 Å². The van der Waals surface area contributed by atoms with Gasteiger partial charge in [0.1, 0.15) is 11.6 Å². The minimum atomic E-state index is -4.26. The van der Waals surface area contributed by atoms with E-state index in [9.17, 15) is 17.2 Å². The molecule has 0 radical (unpaired) electrons. The van der Waals surface area contributed by atoms with E-state index in [0.717, 1.165) is 27.4 Å². The molecule has 1 saturated heterocycles. The van der Waals surface area contributed by atoms with Gasteiger partial charge in [-0.2, -0.15) is 4.31 Å². The number of aromatic nitrogens is 2. The molecular weight excluding hydrogens is 422 g/mol. The van der Waals surface area contributed by atoms with Crippen LogP contribution >= 0.6 is 11.3 Å². The fourth-order valence-corrected chi connectivity index (χ4v) is 5.42. The number of piperazine rings is 1. The predicted molar refractivity (Wildman–Crippen MR) is 103 cm³/mol. The summed E-state index contributed by atoms with van der Waals surface area (Å²) in [5.41, 5.74) is 0. The van der Waals surface area contributed by atoms with Crippen molar-refractivity contribution in [2.45, 2.75) is 17.9 Å². The highest BCUT2D eigenvalue weighted by atomic mass is 32.2. The highest BCUT2D eigenvalue weighted by Gasteiger charge is 2.35. The SMILES string of the molecule is CC(c1nnc(-c2cccs2)o1)N1CCN(S(=O)(=O)c2c(F)cccc2F)CC1. The summed E-state index contributed by atoms with van der Waals surface area (Å²) < 4.78 is 60.2. The third-order valence-corrected chi connectivity index (χ3v) is 7.68. The zero-order valence-corrected chi connectivity index (χ0v) is 17.1. The Morgan fingerprint density at radius 2 is 1.76 bits per heavy atom. The molecule has 0 bridgehead atoms. The maximum Gasteiger partial charge on any atom is 0.257 e. The van der Waals surface area contributed by atoms with Gasteiger partial charge in [-0.15, -0.1) is 21.5 Å². The van der Waals surface area contributed by atoms with E-state index in [1.165, 1.54) is 11.3 Å². The van der Waals surface area contributed by atoms with Crippen molar-refractivity contribution >= 4 is 21.4 Å². The second kappa shape index (κ2) is 7.90. The van der Waals surface area contributed by atoms with Gasteiger partial charge in [-0.3, -0.25) is 4.90 Å². The summed E-state index contributed by atoms with van der Waals surface area (Å²) in [6, 6.07) is 6.58. The lowest BCUT2D eigenvalue weighted by Crippen LogP contribution is -2.49. The number of halogens is 2. The molecule has 0 spiro atoms. The van der Waals surface area contributed by atoms with E-state index < -0.39 is 26.6 Å². The van der Waals surface area contributed by atoms with Gasteiger partial charge in [0.05, 0.1) is 10.9 Å². The van der Waals surface area contributed by atoms with Crippen LogP contribution < -0.4 is 0 Å². The number of sulfonamides is 1. The summed E-state index contributed by atoms with van der Waals surface area (Å²) in [6.07, 6.45) is 0. The van der Waals surface area contributed by atoms with Crippen LogP contribution in [0.1, 0.15) is 18.9 Å². The van der Waals surface area contributed by atoms with Crippen LogP contribution in [0.25, 0.3) is 10.8 Å². The van der Waals surface area contributed by atoms with Gasteiger partial charge in [-0.1, -0.05) is 12.1 Å². The van der Waals surface area contributed by atoms with Gasteiger partial charge in [0.15, 0.2) is 4.90 Å². The first-order valence-corrected chi connectivity index (χ1v) is 11.3. The number of hydrogen-bond acceptors (Lipinski definition) is 7. The molecule has 3 aromatic rings. The highest BCUT2D eigenvalue weighted by Crippen LogP contribution is 2.29. The Bertz CT molecular complexity index is 1070. The van der Waals surface area contributed by atoms with E-state index in [1.54, 1.807) is 0 Å². The van der Waals surface area contributed by atoms with Gasteiger partial charge in [-0.05, 0) is 30.5 Å². The normalized spacial score (nSPS) is 17.5. The fraction of sp³-hybridized carbons (Fsp3) is 0.333. The average molecular weight is 440 g/mol. The Hall–Kier alpha value is -2.21. The fourth-order valence-electron chi connectivity index (χ4n) is 3.25. The van der Waals surface area contributed by atoms with E-state index in [4.69, 9.17) is 4.42 Å². The molecule has 0 N–H and O–H groups in total. The summed E-state index contributed by atoms with van der Waals surface area (Å²) >= 11 is 1.50. The van der Waals surface area contributed by atoms with Crippen molar-refractivity contribution in [3.05, 3.63) is 53.2 Å². The Morgan fingerprint density at radius 3 is 2.38 bits per heavy atom. The quantitative estimate of drug-likeness (QED) is 0.607. The Balaban J connectivity index is 1.45. The summed E-state index contributed by atoms with van der Waals surface area (Å²) in [5.74, 6) is -1.30. The minimum Gasteiger partial charge on any atom is -0.418 e. The Kier molecular flexibility index (Phi) is 5.47. The van der Waals surface area contributed by atoms with Crippen molar-refractivity contribution in [2.75, 3.05) is 26.2 Å². The molecule has 2 aromatic heterocycles. The summed E-state index contributed by atoms with van der Waals surface area (Å²) in [4.78, 5) is 1.97. The minimum absolute atomic E-state index is 0.104. The number of hydrogen-bond donors (Lipinski definition) is 0. The van der Waals surface area contributed by atoms with Gasteiger partial charge < -0.3 is 4.42 Å². The molecule has 1 aliphatic heterocycles. The lowest BCUT2D eigenvalue weighted by atomic mass is 10.2. The summed E-state index contributed by atoms with van der Waals surface area (Å²) in [6.45, 7) is 2.84. The predicted octanol–water partition coefficient (Wildman–Crippen LogP) is 3.14. The number of benzene rings is 1. The molecule has 0 amide bonds. The zero-order chi connectivity index (χ0) is 20.6. The first-order chi connectivity index (χ1) is 13.9. The Labute approximate surface area is 170 Å². The van der Waals surface area contributed by atoms with Crippen LogP contribution in [-0.2, 0) is 10.0 Å². The molecule has 0 aliphatic carbocycles. The molecule has 3 heterocycles. The maximum absolute atomic E-state index is 14.0. The van der Waals surface area contributed by atoms with Crippen LogP contribution in [0.5, 0.6) is 0 Å². The van der Waals surface area contributed by atoms with Crippen LogP contribution in [0.15, 0.2) is 45.0 Å². The smallest absolute Gasteiger partial charge is 0.257 e. The third-order valence-electron chi connectivity index (χ3n) is 4.87. The van der Waals surface area contributed by atoms with Crippen molar-refractivity contribution in [1.29, 1.82) is 0 Å². The molecule has 1 unspecified atom stereocenters. The van der Waals surface area contributed by atoms with Crippen LogP contribution in [0.4, 0.5) is 8.78 Å². The number of rotatable bonds is 5. The van der Waals surface area contributed by atoms with Crippen molar-refractivity contribution in [3.8, 4) is 10.8 Å². The second-order valence-electron chi connectivity index (χ2n) is 6.59. The highest BCUT2D eigenvalue weighted by molar-refractivity contribution is 7.89. The summed E-state index contributed by atoms with van der Waals surface area (Å²) in [7, 11) is -4.26. The topological polar surface area (TPSA) is 79.5 Å². The lowest BCUT2D eigenvalue weighted by molar-refractivity contribution is 0.129. The van der Waals surface area contributed by atoms with E-state index in [0.29, 0.717) is 24.9 Å². The molecule has 1 aliphatic rings. The van der Waals surface area contributed by atoms with Crippen LogP contribution in [-0.4, -0.2) is 54.0 Å². The molecule has 4 rings (SSSR count). The number of nitrogens with zero attached hydrogens (tertiary/aromatic N) is 4. The molecule has 7 nitrogen and oxygen atoms in total. The van der Waals surface area contributed by atoms with Crippen molar-refractivity contribution < 1.29 is 21.6 Å². The van der Waals surface area contributed by atoms with E-state index in [-0.39, 0.29) is 19.1 Å². The van der Waals surface area contributed by atoms with Crippen LogP contribution in [0.3, 0.4) is 0 Å². The van der Waals surface area contributed by atoms with Crippen molar-refractivity contribution in [2.24, 2.45) is 0 Å². The molecule has 154 valence electrons. The van der Waals surface area contributed by atoms with E-state index >= 15 is 0 Å². The lowest BCUT2D eigenvalue weighted by Gasteiger charge is -2.36. The van der Waals surface area contributed by atoms with Gasteiger partial charge in [-0.25, -0.2) is 17.2 Å². The van der Waals surface area contributed by atoms with Crippen LogP contribution in [0.2, 0.25) is 0 Å². The van der Waals surface area contributed by atoms with Gasteiger partial charge in [0.25, 0.3) is 5.89 Å². The van der Waals surface area contributed by atoms with Gasteiger partial charge >= 0.3 is 0 Å². The molecular formula is C18H18F2N4O3S2. The molecule has 1 fully saturated rings. The third kappa shape index (κ3) is 3.82. The largest absolute Gasteiger partial charge is 0.418 e. The van der Waals surface area contributed by atoms with Gasteiger partial charge in [0, 0.05) is 26.2 Å². The second-order valence-corrected chi connectivity index (χ2v) is 9.41. The summed E-state index contributed by atoms with van der Waals surface area (Å²) in [5, 5.41) is 10.1. The molecule has 1 aromatic carbocycles. The first kappa shape index (κ1) is 20.1. The van der Waals surface area contributed by atoms with Crippen molar-refractivity contribution in [1.82, 2.24) is 19.4 Å². The standard InChI is InChI=1S/C18H18F2N4O3S2/c1-12(17-21-22-18(27-17)15-6-3-11-28-15)23-7-9-24(10-8-23)29(25,26)16-13(19)4-2-5-14(16)20/h2-6,11-12H,7-10H2,1H3. The Morgan fingerprint density at radius 1 is 1.07 bits per heavy atom. The van der Waals surface area contributed by atoms with E-state index in [2.05, 4.69) is 10.2 Å². The monoisotopic (exact) mass is 440 g/mol. The first-order valence-electron chi connectivity index (χ1n) is 8.93. The maximum atomic E-state index is 14.0. The van der Waals surface area contributed by atoms with Crippen LogP contribution in [0, 0.1) is 11.6 Å². The zero-order valence-electron chi connectivity index (χ0n) is 15.5. The number of thiophene rings is 1. The molecule has 0 saturated carbocycles. The average Bonchev–Trinajstić information content (AvgIpc) is 3.39. The van der Waals surface area contributed by atoms with Crippen molar-refractivity contribution in [3.63, 3.8) is 0 Å². The molecule has 29 heavy (non-hydrogen) atoms. The van der Waals surface area contributed by atoms with Gasteiger partial charge in [0.2, 0.25) is 15.9 Å².